The van der Waals surface area contributed by atoms with E-state index in [0.717, 1.165) is 11.1 Å². The number of hydrogen-bond acceptors (Lipinski definition) is 6. The lowest BCUT2D eigenvalue weighted by Gasteiger charge is -2.08. The van der Waals surface area contributed by atoms with Crippen LogP contribution >= 0.6 is 11.3 Å². The van der Waals surface area contributed by atoms with E-state index in [4.69, 9.17) is 4.74 Å². The molecular formula is C16H16O5S2. The molecule has 0 bridgehead atoms. The predicted molar refractivity (Wildman–Crippen MR) is 88.0 cm³/mol. The lowest BCUT2D eigenvalue weighted by molar-refractivity contribution is 0.0475. The van der Waals surface area contributed by atoms with Gasteiger partial charge >= 0.3 is 5.97 Å². The molecule has 5 nitrogen and oxygen atoms in total. The van der Waals surface area contributed by atoms with Crippen molar-refractivity contribution < 1.29 is 22.7 Å². The number of ether oxygens (including phenoxy) is 1. The minimum atomic E-state index is -3.42. The van der Waals surface area contributed by atoms with Crippen molar-refractivity contribution in [2.75, 3.05) is 12.9 Å². The molecule has 0 N–H and O–H groups in total. The largest absolute Gasteiger partial charge is 0.454 e. The fourth-order valence-electron chi connectivity index (χ4n) is 1.92. The average molecular weight is 352 g/mol. The summed E-state index contributed by atoms with van der Waals surface area (Å²) >= 11 is 1.33. The molecule has 2 rings (SSSR count). The van der Waals surface area contributed by atoms with Gasteiger partial charge in [0.15, 0.2) is 16.4 Å². The average Bonchev–Trinajstić information content (AvgIpc) is 2.90. The fourth-order valence-corrected chi connectivity index (χ4v) is 3.35. The predicted octanol–water partition coefficient (Wildman–Crippen LogP) is 2.81. The smallest absolute Gasteiger partial charge is 0.338 e. The van der Waals surface area contributed by atoms with Crippen LogP contribution in [0.4, 0.5) is 0 Å². The second kappa shape index (κ2) is 6.64. The van der Waals surface area contributed by atoms with Gasteiger partial charge in [-0.15, -0.1) is 11.3 Å². The summed E-state index contributed by atoms with van der Waals surface area (Å²) in [6.45, 7) is 3.18. The molecule has 1 aromatic carbocycles. The highest BCUT2D eigenvalue weighted by molar-refractivity contribution is 7.90. The Labute approximate surface area is 138 Å². The van der Waals surface area contributed by atoms with Gasteiger partial charge in [-0.3, -0.25) is 4.79 Å². The summed E-state index contributed by atoms with van der Waals surface area (Å²) in [6, 6.07) is 7.75. The SMILES string of the molecule is Cc1ccc(C(=O)COC(=O)c2cc(S(C)(=O)=O)ccc2C)s1. The van der Waals surface area contributed by atoms with Gasteiger partial charge in [0.1, 0.15) is 0 Å². The number of ketones is 1. The molecule has 0 atom stereocenters. The number of aryl methyl sites for hydroxylation is 2. The molecule has 1 heterocycles. The number of esters is 1. The van der Waals surface area contributed by atoms with E-state index in [1.165, 1.54) is 29.5 Å². The van der Waals surface area contributed by atoms with Crippen molar-refractivity contribution in [2.24, 2.45) is 0 Å². The zero-order chi connectivity index (χ0) is 17.2. The van der Waals surface area contributed by atoms with E-state index < -0.39 is 15.8 Å². The topological polar surface area (TPSA) is 77.5 Å². The van der Waals surface area contributed by atoms with E-state index in [2.05, 4.69) is 0 Å². The summed E-state index contributed by atoms with van der Waals surface area (Å²) in [5, 5.41) is 0. The number of sulfone groups is 1. The molecule has 0 aliphatic rings. The molecular weight excluding hydrogens is 336 g/mol. The van der Waals surface area contributed by atoms with Crippen molar-refractivity contribution in [3.63, 3.8) is 0 Å². The van der Waals surface area contributed by atoms with E-state index in [0.29, 0.717) is 10.4 Å². The third kappa shape index (κ3) is 4.27. The van der Waals surface area contributed by atoms with Crippen molar-refractivity contribution in [2.45, 2.75) is 18.7 Å². The lowest BCUT2D eigenvalue weighted by Crippen LogP contribution is -2.15. The molecule has 0 amide bonds. The zero-order valence-corrected chi connectivity index (χ0v) is 14.6. The Morgan fingerprint density at radius 2 is 1.83 bits per heavy atom. The van der Waals surface area contributed by atoms with Gasteiger partial charge in [-0.05, 0) is 43.7 Å². The minimum Gasteiger partial charge on any atom is -0.454 e. The summed E-state index contributed by atoms with van der Waals surface area (Å²) in [5.41, 5.74) is 0.727. The number of Topliss-reactive ketones (excluding diaryl/α,β-unsaturated/α-hetero) is 1. The Morgan fingerprint density at radius 3 is 2.39 bits per heavy atom. The highest BCUT2D eigenvalue weighted by Crippen LogP contribution is 2.18. The molecule has 2 aromatic rings. The molecule has 122 valence electrons. The number of rotatable bonds is 5. The third-order valence-electron chi connectivity index (χ3n) is 3.21. The first kappa shape index (κ1) is 17.4. The standard InChI is InChI=1S/C16H16O5S2/c1-10-4-6-12(23(3,19)20)8-13(10)16(18)21-9-14(17)15-7-5-11(2)22-15/h4-8H,9H2,1-3H3. The molecule has 0 radical (unpaired) electrons. The third-order valence-corrected chi connectivity index (χ3v) is 5.36. The van der Waals surface area contributed by atoms with Crippen molar-refractivity contribution in [3.05, 3.63) is 51.2 Å². The van der Waals surface area contributed by atoms with Crippen LogP contribution < -0.4 is 0 Å². The van der Waals surface area contributed by atoms with Gasteiger partial charge in [0.05, 0.1) is 15.3 Å². The molecule has 1 aromatic heterocycles. The molecule has 0 fully saturated rings. The van der Waals surface area contributed by atoms with E-state index in [1.807, 2.05) is 13.0 Å². The minimum absolute atomic E-state index is 0.0373. The maximum atomic E-state index is 12.1. The Hall–Kier alpha value is -1.99. The molecule has 23 heavy (non-hydrogen) atoms. The van der Waals surface area contributed by atoms with Gasteiger partial charge in [0.25, 0.3) is 0 Å². The first-order chi connectivity index (χ1) is 10.7. The quantitative estimate of drug-likeness (QED) is 0.611. The Kier molecular flexibility index (Phi) is 5.01. The Morgan fingerprint density at radius 1 is 1.13 bits per heavy atom. The van der Waals surface area contributed by atoms with Crippen LogP contribution in [-0.4, -0.2) is 33.0 Å². The monoisotopic (exact) mass is 352 g/mol. The van der Waals surface area contributed by atoms with E-state index in [9.17, 15) is 18.0 Å². The number of thiophene rings is 1. The first-order valence-electron chi connectivity index (χ1n) is 6.76. The van der Waals surface area contributed by atoms with Gasteiger partial charge in [0.2, 0.25) is 5.78 Å². The Balaban J connectivity index is 2.13. The molecule has 0 saturated heterocycles. The highest BCUT2D eigenvalue weighted by Gasteiger charge is 2.17. The number of hydrogen-bond donors (Lipinski definition) is 0. The van der Waals surface area contributed by atoms with Crippen LogP contribution in [0, 0.1) is 13.8 Å². The van der Waals surface area contributed by atoms with Crippen LogP contribution in [0.5, 0.6) is 0 Å². The highest BCUT2D eigenvalue weighted by atomic mass is 32.2. The van der Waals surface area contributed by atoms with Crippen LogP contribution in [-0.2, 0) is 14.6 Å². The maximum absolute atomic E-state index is 12.1. The van der Waals surface area contributed by atoms with Gasteiger partial charge in [0, 0.05) is 11.1 Å². The molecule has 7 heteroatoms. The first-order valence-corrected chi connectivity index (χ1v) is 9.47. The van der Waals surface area contributed by atoms with Crippen molar-refractivity contribution in [1.82, 2.24) is 0 Å². The molecule has 0 aliphatic carbocycles. The van der Waals surface area contributed by atoms with E-state index >= 15 is 0 Å². The summed E-state index contributed by atoms with van der Waals surface area (Å²) in [4.78, 5) is 25.6. The summed E-state index contributed by atoms with van der Waals surface area (Å²) in [6.07, 6.45) is 1.06. The van der Waals surface area contributed by atoms with E-state index in [1.54, 1.807) is 13.0 Å². The van der Waals surface area contributed by atoms with E-state index in [-0.39, 0.29) is 22.8 Å². The number of benzene rings is 1. The van der Waals surface area contributed by atoms with Gasteiger partial charge in [-0.25, -0.2) is 13.2 Å². The van der Waals surface area contributed by atoms with Crippen LogP contribution in [0.25, 0.3) is 0 Å². The van der Waals surface area contributed by atoms with Crippen molar-refractivity contribution >= 4 is 32.9 Å². The molecule has 0 aliphatic heterocycles. The summed E-state index contributed by atoms with van der Waals surface area (Å²) in [5.74, 6) is -0.997. The fraction of sp³-hybridized carbons (Fsp3) is 0.250. The van der Waals surface area contributed by atoms with Crippen LogP contribution in [0.3, 0.4) is 0 Å². The number of carbonyl (C=O) groups excluding carboxylic acids is 2. The summed E-state index contributed by atoms with van der Waals surface area (Å²) in [7, 11) is -3.42. The lowest BCUT2D eigenvalue weighted by atomic mass is 10.1. The molecule has 0 spiro atoms. The van der Waals surface area contributed by atoms with Crippen LogP contribution in [0.15, 0.2) is 35.2 Å². The summed E-state index contributed by atoms with van der Waals surface area (Å²) < 4.78 is 28.2. The van der Waals surface area contributed by atoms with Gasteiger partial charge in [-0.1, -0.05) is 6.07 Å². The zero-order valence-electron chi connectivity index (χ0n) is 13.0. The second-order valence-corrected chi connectivity index (χ2v) is 8.46. The van der Waals surface area contributed by atoms with Crippen LogP contribution in [0.1, 0.15) is 30.5 Å². The second-order valence-electron chi connectivity index (χ2n) is 5.16. The molecule has 0 unspecified atom stereocenters. The van der Waals surface area contributed by atoms with Gasteiger partial charge in [-0.2, -0.15) is 0 Å². The normalized spacial score (nSPS) is 11.3. The van der Waals surface area contributed by atoms with Crippen molar-refractivity contribution in [1.29, 1.82) is 0 Å². The molecule has 0 saturated carbocycles. The van der Waals surface area contributed by atoms with Crippen LogP contribution in [0.2, 0.25) is 0 Å². The Bertz CT molecular complexity index is 862. The van der Waals surface area contributed by atoms with Crippen molar-refractivity contribution in [3.8, 4) is 0 Å². The maximum Gasteiger partial charge on any atom is 0.338 e. The number of carbonyl (C=O) groups is 2. The van der Waals surface area contributed by atoms with Gasteiger partial charge < -0.3 is 4.74 Å².